The van der Waals surface area contributed by atoms with Gasteiger partial charge in [0, 0.05) is 0 Å². The van der Waals surface area contributed by atoms with Gasteiger partial charge in [-0.05, 0) is 0 Å². The topological polar surface area (TPSA) is 267 Å². The highest BCUT2D eigenvalue weighted by atomic mass is 16.8. The minimum absolute atomic E-state index is 0.340. The van der Waals surface area contributed by atoms with E-state index in [4.69, 9.17) is 33.2 Å². The fraction of sp³-hybridized carbons (Fsp3) is 1.00. The molecule has 4 aliphatic rings. The molecular formula is C20H34O17. The number of aliphatic hydroxyl groups is 10. The Labute approximate surface area is 209 Å². The van der Waals surface area contributed by atoms with Gasteiger partial charge in [0.2, 0.25) is 0 Å². The molecule has 17 heteroatoms. The Hall–Kier alpha value is -0.680. The van der Waals surface area contributed by atoms with E-state index in [1.54, 1.807) is 0 Å². The lowest BCUT2D eigenvalue weighted by Gasteiger charge is -2.45. The van der Waals surface area contributed by atoms with Crippen LogP contribution in [-0.2, 0) is 33.2 Å². The Morgan fingerprint density at radius 2 is 0.838 bits per heavy atom. The maximum absolute atomic E-state index is 10.6. The summed E-state index contributed by atoms with van der Waals surface area (Å²) < 4.78 is 37.4. The highest BCUT2D eigenvalue weighted by molar-refractivity contribution is 4.92. The van der Waals surface area contributed by atoms with Crippen molar-refractivity contribution >= 4 is 0 Å². The molecule has 0 aromatic carbocycles. The Balaban J connectivity index is 1.37. The second-order valence-electron chi connectivity index (χ2n) is 9.35. The monoisotopic (exact) mass is 546 g/mol. The van der Waals surface area contributed by atoms with Crippen LogP contribution in [0.3, 0.4) is 0 Å². The highest BCUT2D eigenvalue weighted by Crippen LogP contribution is 2.29. The standard InChI is InChI=1S/C20H34O17/c21-5-1-32-18(12(26)9(5)23)35-7-3-34-19(14(28)11(7)25)36-8-4-31-17(30)15(29)16(8)37-20-13(27)10(24)6(22)2-33-20/h5-30H,1-4H2/t5-,6-,7-,8-,9+,10+,11+,12-,13-,14-,15-,16+,17?,18+,19+,20+/m1/s1. The average molecular weight is 546 g/mol. The smallest absolute Gasteiger partial charge is 0.186 e. The molecule has 1 unspecified atom stereocenters. The van der Waals surface area contributed by atoms with E-state index in [1.165, 1.54) is 0 Å². The molecule has 0 bridgehead atoms. The third-order valence-corrected chi connectivity index (χ3v) is 6.68. The molecule has 4 saturated heterocycles. The Kier molecular flexibility index (Phi) is 9.69. The zero-order valence-corrected chi connectivity index (χ0v) is 19.4. The van der Waals surface area contributed by atoms with Gasteiger partial charge < -0.3 is 84.2 Å². The van der Waals surface area contributed by atoms with Crippen LogP contribution in [0.1, 0.15) is 0 Å². The summed E-state index contributed by atoms with van der Waals surface area (Å²) >= 11 is 0. The SMILES string of the molecule is OC1OC[C@@H](O[C@@H]2OC[C@@H](O[C@@H]3OC[C@@H](O)[C@H](O)[C@H]3O)[C@H](O)[C@H]2O)[C@H](O[C@@H]2OC[C@@H](O)[C@H](O)[C@H]2O)[C@H]1O. The zero-order valence-electron chi connectivity index (χ0n) is 19.4. The number of ether oxygens (including phenoxy) is 7. The van der Waals surface area contributed by atoms with E-state index in [0.717, 1.165) is 0 Å². The van der Waals surface area contributed by atoms with Crippen molar-refractivity contribution in [3.05, 3.63) is 0 Å². The van der Waals surface area contributed by atoms with Crippen molar-refractivity contribution in [3.63, 3.8) is 0 Å². The highest BCUT2D eigenvalue weighted by Gasteiger charge is 2.50. The number of rotatable bonds is 6. The summed E-state index contributed by atoms with van der Waals surface area (Å²) in [5.41, 5.74) is 0. The van der Waals surface area contributed by atoms with E-state index in [0.29, 0.717) is 0 Å². The van der Waals surface area contributed by atoms with Crippen LogP contribution in [0.2, 0.25) is 0 Å². The lowest BCUT2D eigenvalue weighted by atomic mass is 10.0. The summed E-state index contributed by atoms with van der Waals surface area (Å²) in [6.45, 7) is -1.49. The van der Waals surface area contributed by atoms with Crippen molar-refractivity contribution in [2.24, 2.45) is 0 Å². The van der Waals surface area contributed by atoms with Gasteiger partial charge in [-0.25, -0.2) is 0 Å². The quantitative estimate of drug-likeness (QED) is 0.148. The third kappa shape index (κ3) is 6.23. The van der Waals surface area contributed by atoms with Crippen LogP contribution in [0, 0.1) is 0 Å². The minimum atomic E-state index is -1.74. The van der Waals surface area contributed by atoms with Gasteiger partial charge in [-0.15, -0.1) is 0 Å². The number of hydrogen-bond acceptors (Lipinski definition) is 17. The average Bonchev–Trinajstić information content (AvgIpc) is 2.87. The maximum atomic E-state index is 10.6. The normalized spacial score (nSPS) is 53.7. The van der Waals surface area contributed by atoms with Gasteiger partial charge in [-0.1, -0.05) is 0 Å². The summed E-state index contributed by atoms with van der Waals surface area (Å²) in [6, 6.07) is 0. The summed E-state index contributed by atoms with van der Waals surface area (Å²) in [6.07, 6.45) is -24.4. The van der Waals surface area contributed by atoms with Crippen molar-refractivity contribution < 1.29 is 84.2 Å². The fourth-order valence-electron chi connectivity index (χ4n) is 4.36. The first-order chi connectivity index (χ1) is 17.5. The molecule has 0 aliphatic carbocycles. The van der Waals surface area contributed by atoms with Crippen molar-refractivity contribution in [2.75, 3.05) is 26.4 Å². The lowest BCUT2D eigenvalue weighted by Crippen LogP contribution is -2.63. The molecule has 0 aromatic rings. The molecule has 4 heterocycles. The molecule has 0 aromatic heterocycles. The predicted molar refractivity (Wildman–Crippen MR) is 110 cm³/mol. The van der Waals surface area contributed by atoms with E-state index >= 15 is 0 Å². The molecule has 0 radical (unpaired) electrons. The van der Waals surface area contributed by atoms with E-state index in [-0.39, 0.29) is 26.4 Å². The maximum Gasteiger partial charge on any atom is 0.186 e. The molecule has 0 amide bonds. The van der Waals surface area contributed by atoms with Crippen LogP contribution in [-0.4, -0.2) is 176 Å². The summed E-state index contributed by atoms with van der Waals surface area (Å²) in [5.74, 6) is 0. The molecule has 17 nitrogen and oxygen atoms in total. The van der Waals surface area contributed by atoms with Gasteiger partial charge >= 0.3 is 0 Å². The lowest BCUT2D eigenvalue weighted by molar-refractivity contribution is -0.364. The molecule has 0 spiro atoms. The summed E-state index contributed by atoms with van der Waals surface area (Å²) in [4.78, 5) is 0. The van der Waals surface area contributed by atoms with Crippen LogP contribution < -0.4 is 0 Å². The Morgan fingerprint density at radius 3 is 1.41 bits per heavy atom. The van der Waals surface area contributed by atoms with Gasteiger partial charge in [0.1, 0.15) is 73.2 Å². The molecule has 0 saturated carbocycles. The van der Waals surface area contributed by atoms with E-state index in [2.05, 4.69) is 0 Å². The largest absolute Gasteiger partial charge is 0.388 e. The zero-order chi connectivity index (χ0) is 27.0. The molecule has 10 N–H and O–H groups in total. The number of hydrogen-bond donors (Lipinski definition) is 10. The van der Waals surface area contributed by atoms with E-state index < -0.39 is 98.4 Å². The number of aliphatic hydroxyl groups excluding tert-OH is 10. The molecule has 4 rings (SSSR count). The second-order valence-corrected chi connectivity index (χ2v) is 9.35. The minimum Gasteiger partial charge on any atom is -0.388 e. The first-order valence-electron chi connectivity index (χ1n) is 11.7. The second kappa shape index (κ2) is 12.2. The summed E-state index contributed by atoms with van der Waals surface area (Å²) in [5, 5.41) is 100. The molecule has 16 atom stereocenters. The Bertz CT molecular complexity index is 731. The van der Waals surface area contributed by atoms with Crippen LogP contribution >= 0.6 is 0 Å². The van der Waals surface area contributed by atoms with E-state index in [1.807, 2.05) is 0 Å². The first-order valence-corrected chi connectivity index (χ1v) is 11.7. The Morgan fingerprint density at radius 1 is 0.405 bits per heavy atom. The van der Waals surface area contributed by atoms with Crippen LogP contribution in [0.5, 0.6) is 0 Å². The van der Waals surface area contributed by atoms with Crippen molar-refractivity contribution in [3.8, 4) is 0 Å². The first kappa shape index (κ1) is 29.3. The summed E-state index contributed by atoms with van der Waals surface area (Å²) in [7, 11) is 0. The molecule has 37 heavy (non-hydrogen) atoms. The predicted octanol–water partition coefficient (Wildman–Crippen LogP) is -7.19. The van der Waals surface area contributed by atoms with Gasteiger partial charge in [0.05, 0.1) is 26.4 Å². The third-order valence-electron chi connectivity index (χ3n) is 6.68. The van der Waals surface area contributed by atoms with Crippen LogP contribution in [0.15, 0.2) is 0 Å². The van der Waals surface area contributed by atoms with Crippen molar-refractivity contribution in [2.45, 2.75) is 98.4 Å². The van der Waals surface area contributed by atoms with Gasteiger partial charge in [-0.3, -0.25) is 0 Å². The van der Waals surface area contributed by atoms with Gasteiger partial charge in [0.15, 0.2) is 25.2 Å². The molecule has 4 aliphatic heterocycles. The van der Waals surface area contributed by atoms with Gasteiger partial charge in [-0.2, -0.15) is 0 Å². The van der Waals surface area contributed by atoms with Crippen LogP contribution in [0.4, 0.5) is 0 Å². The van der Waals surface area contributed by atoms with Crippen molar-refractivity contribution in [1.29, 1.82) is 0 Å². The van der Waals surface area contributed by atoms with E-state index in [9.17, 15) is 51.1 Å². The fourth-order valence-corrected chi connectivity index (χ4v) is 4.36. The van der Waals surface area contributed by atoms with Crippen molar-refractivity contribution in [1.82, 2.24) is 0 Å². The molecular weight excluding hydrogens is 512 g/mol. The van der Waals surface area contributed by atoms with Gasteiger partial charge in [0.25, 0.3) is 0 Å². The molecule has 4 fully saturated rings. The molecule has 216 valence electrons. The van der Waals surface area contributed by atoms with Crippen LogP contribution in [0.25, 0.3) is 0 Å².